The first-order chi connectivity index (χ1) is 9.93. The van der Waals surface area contributed by atoms with Gasteiger partial charge in [-0.05, 0) is 18.4 Å². The summed E-state index contributed by atoms with van der Waals surface area (Å²) in [5.41, 5.74) is -0.356. The van der Waals surface area contributed by atoms with Gasteiger partial charge in [0.25, 0.3) is 5.69 Å². The average molecular weight is 296 g/mol. The van der Waals surface area contributed by atoms with Crippen LogP contribution in [0, 0.1) is 16.0 Å². The van der Waals surface area contributed by atoms with Gasteiger partial charge in [0.1, 0.15) is 5.69 Å². The van der Waals surface area contributed by atoms with Crippen LogP contribution in [0.5, 0.6) is 0 Å². The number of carboxylic acids is 1. The molecule has 0 aliphatic heterocycles. The number of nitro benzene ring substituents is 1. The molecular formula is C14H20N2O5. The molecule has 0 radical (unpaired) electrons. The first-order valence-electron chi connectivity index (χ1n) is 6.75. The van der Waals surface area contributed by atoms with E-state index < -0.39 is 10.9 Å². The number of ether oxygens (including phenoxy) is 1. The number of hydrogen-bond donors (Lipinski definition) is 2. The summed E-state index contributed by atoms with van der Waals surface area (Å²) >= 11 is 0. The fraction of sp³-hybridized carbons (Fsp3) is 0.500. The average Bonchev–Trinajstić information content (AvgIpc) is 2.41. The van der Waals surface area contributed by atoms with E-state index >= 15 is 0 Å². The molecule has 0 aromatic heterocycles. The summed E-state index contributed by atoms with van der Waals surface area (Å²) in [6.45, 7) is 5.46. The summed E-state index contributed by atoms with van der Waals surface area (Å²) in [6, 6.07) is 3.96. The third-order valence-electron chi connectivity index (χ3n) is 2.86. The van der Waals surface area contributed by atoms with Crippen molar-refractivity contribution in [3.63, 3.8) is 0 Å². The van der Waals surface area contributed by atoms with Gasteiger partial charge < -0.3 is 15.2 Å². The van der Waals surface area contributed by atoms with Crippen LogP contribution >= 0.6 is 0 Å². The Morgan fingerprint density at radius 2 is 2.14 bits per heavy atom. The van der Waals surface area contributed by atoms with Gasteiger partial charge in [0.05, 0.1) is 17.1 Å². The molecule has 0 saturated heterocycles. The highest BCUT2D eigenvalue weighted by atomic mass is 16.6. The van der Waals surface area contributed by atoms with Crippen LogP contribution in [0.15, 0.2) is 18.2 Å². The molecule has 0 saturated carbocycles. The van der Waals surface area contributed by atoms with Crippen LogP contribution in [-0.4, -0.2) is 35.8 Å². The minimum absolute atomic E-state index is 0.0162. The number of benzene rings is 1. The van der Waals surface area contributed by atoms with Crippen molar-refractivity contribution in [1.29, 1.82) is 0 Å². The van der Waals surface area contributed by atoms with E-state index in [0.717, 1.165) is 6.42 Å². The van der Waals surface area contributed by atoms with E-state index in [4.69, 9.17) is 9.84 Å². The van der Waals surface area contributed by atoms with E-state index in [9.17, 15) is 14.9 Å². The first kappa shape index (κ1) is 16.9. The van der Waals surface area contributed by atoms with Crippen molar-refractivity contribution in [3.05, 3.63) is 33.9 Å². The lowest BCUT2D eigenvalue weighted by atomic mass is 10.1. The summed E-state index contributed by atoms with van der Waals surface area (Å²) < 4.78 is 5.39. The third-order valence-corrected chi connectivity index (χ3v) is 2.86. The van der Waals surface area contributed by atoms with Gasteiger partial charge in [-0.2, -0.15) is 0 Å². The van der Waals surface area contributed by atoms with Crippen molar-refractivity contribution in [2.75, 3.05) is 25.1 Å². The zero-order valence-electron chi connectivity index (χ0n) is 12.2. The second kappa shape index (κ2) is 8.21. The summed E-state index contributed by atoms with van der Waals surface area (Å²) in [4.78, 5) is 21.5. The molecule has 0 heterocycles. The Labute approximate surface area is 123 Å². The molecule has 1 rings (SSSR count). The Morgan fingerprint density at radius 1 is 1.43 bits per heavy atom. The van der Waals surface area contributed by atoms with Crippen LogP contribution < -0.4 is 5.32 Å². The van der Waals surface area contributed by atoms with E-state index in [1.165, 1.54) is 18.2 Å². The van der Waals surface area contributed by atoms with E-state index in [1.807, 2.05) is 0 Å². The number of carboxylic acid groups (broad SMARTS) is 1. The van der Waals surface area contributed by atoms with Crippen LogP contribution in [-0.2, 0) is 4.74 Å². The molecule has 7 nitrogen and oxygen atoms in total. The molecule has 1 aromatic rings. The number of aromatic carboxylic acids is 1. The molecule has 0 unspecified atom stereocenters. The maximum atomic E-state index is 11.1. The minimum Gasteiger partial charge on any atom is -0.478 e. The molecule has 0 bridgehead atoms. The number of rotatable bonds is 9. The smallest absolute Gasteiger partial charge is 0.338 e. The Morgan fingerprint density at radius 3 is 2.71 bits per heavy atom. The molecule has 0 aliphatic carbocycles. The Kier molecular flexibility index (Phi) is 6.61. The maximum absolute atomic E-state index is 11.1. The molecule has 2 N–H and O–H groups in total. The number of nitrogens with zero attached hydrogens (tertiary/aromatic N) is 1. The monoisotopic (exact) mass is 296 g/mol. The summed E-state index contributed by atoms with van der Waals surface area (Å²) in [6.07, 6.45) is 0.936. The largest absolute Gasteiger partial charge is 0.478 e. The maximum Gasteiger partial charge on any atom is 0.338 e. The third kappa shape index (κ3) is 5.39. The standard InChI is InChI=1S/C14H20N2O5/c1-10(2)6-8-21-9-7-15-13-11(14(17)18)4-3-5-12(13)16(19)20/h3-5,10,15H,6-9H2,1-2H3,(H,17,18). The van der Waals surface area contributed by atoms with Gasteiger partial charge in [0.15, 0.2) is 0 Å². The lowest BCUT2D eigenvalue weighted by molar-refractivity contribution is -0.384. The van der Waals surface area contributed by atoms with Gasteiger partial charge >= 0.3 is 5.97 Å². The zero-order chi connectivity index (χ0) is 15.8. The Balaban J connectivity index is 2.64. The van der Waals surface area contributed by atoms with E-state index in [1.54, 1.807) is 0 Å². The van der Waals surface area contributed by atoms with Gasteiger partial charge in [-0.25, -0.2) is 4.79 Å². The van der Waals surface area contributed by atoms with Crippen molar-refractivity contribution in [2.24, 2.45) is 5.92 Å². The highest BCUT2D eigenvalue weighted by Crippen LogP contribution is 2.28. The Hall–Kier alpha value is -2.15. The molecule has 0 aliphatic rings. The van der Waals surface area contributed by atoms with Crippen molar-refractivity contribution in [2.45, 2.75) is 20.3 Å². The topological polar surface area (TPSA) is 102 Å². The first-order valence-corrected chi connectivity index (χ1v) is 6.75. The minimum atomic E-state index is -1.21. The van der Waals surface area contributed by atoms with Crippen molar-refractivity contribution in [3.8, 4) is 0 Å². The predicted octanol–water partition coefficient (Wildman–Crippen LogP) is 2.77. The lowest BCUT2D eigenvalue weighted by Gasteiger charge is -2.11. The number of carbonyl (C=O) groups is 1. The van der Waals surface area contributed by atoms with Crippen molar-refractivity contribution < 1.29 is 19.6 Å². The highest BCUT2D eigenvalue weighted by molar-refractivity contribution is 5.96. The second-order valence-corrected chi connectivity index (χ2v) is 4.98. The van der Waals surface area contributed by atoms with Crippen molar-refractivity contribution >= 4 is 17.3 Å². The van der Waals surface area contributed by atoms with Gasteiger partial charge in [-0.3, -0.25) is 10.1 Å². The fourth-order valence-electron chi connectivity index (χ4n) is 1.73. The van der Waals surface area contributed by atoms with Gasteiger partial charge in [-0.15, -0.1) is 0 Å². The van der Waals surface area contributed by atoms with Crippen LogP contribution in [0.25, 0.3) is 0 Å². The molecule has 1 aromatic carbocycles. The van der Waals surface area contributed by atoms with E-state index in [-0.39, 0.29) is 16.9 Å². The number of hydrogen-bond acceptors (Lipinski definition) is 5. The molecule has 0 amide bonds. The van der Waals surface area contributed by atoms with Crippen molar-refractivity contribution in [1.82, 2.24) is 0 Å². The molecule has 21 heavy (non-hydrogen) atoms. The number of anilines is 1. The summed E-state index contributed by atoms with van der Waals surface area (Å²) in [5, 5.41) is 22.8. The highest BCUT2D eigenvalue weighted by Gasteiger charge is 2.20. The normalized spacial score (nSPS) is 10.6. The van der Waals surface area contributed by atoms with E-state index in [0.29, 0.717) is 25.7 Å². The molecule has 0 spiro atoms. The van der Waals surface area contributed by atoms with Gasteiger partial charge in [-0.1, -0.05) is 19.9 Å². The molecule has 116 valence electrons. The number of nitro groups is 1. The van der Waals surface area contributed by atoms with Gasteiger partial charge in [0.2, 0.25) is 0 Å². The predicted molar refractivity (Wildman–Crippen MR) is 78.8 cm³/mol. The number of nitrogens with one attached hydrogen (secondary N) is 1. The number of para-hydroxylation sites is 1. The van der Waals surface area contributed by atoms with Crippen LogP contribution in [0.3, 0.4) is 0 Å². The molecule has 7 heteroatoms. The molecule has 0 atom stereocenters. The second-order valence-electron chi connectivity index (χ2n) is 4.98. The van der Waals surface area contributed by atoms with Crippen LogP contribution in [0.2, 0.25) is 0 Å². The fourth-order valence-corrected chi connectivity index (χ4v) is 1.73. The SMILES string of the molecule is CC(C)CCOCCNc1c(C(=O)O)cccc1[N+](=O)[O-]. The molecular weight excluding hydrogens is 276 g/mol. The zero-order valence-corrected chi connectivity index (χ0v) is 12.2. The summed E-state index contributed by atoms with van der Waals surface area (Å²) in [5.74, 6) is -0.659. The van der Waals surface area contributed by atoms with Gasteiger partial charge in [0, 0.05) is 19.2 Å². The lowest BCUT2D eigenvalue weighted by Crippen LogP contribution is -2.14. The van der Waals surface area contributed by atoms with Crippen LogP contribution in [0.4, 0.5) is 11.4 Å². The van der Waals surface area contributed by atoms with E-state index in [2.05, 4.69) is 19.2 Å². The quantitative estimate of drug-likeness (QED) is 0.413. The summed E-state index contributed by atoms with van der Waals surface area (Å²) in [7, 11) is 0. The Bertz CT molecular complexity index is 470. The molecule has 0 fully saturated rings. The van der Waals surface area contributed by atoms with Crippen LogP contribution in [0.1, 0.15) is 30.6 Å².